The quantitative estimate of drug-likeness (QED) is 0.587. The summed E-state index contributed by atoms with van der Waals surface area (Å²) in [6.07, 6.45) is 3.96. The SMILES string of the molecule is CC1=C(CCN(O)C(N)=O)c2cc(F)ccc2/C1=C\c1ccc(S(C)=O)cc1. The molecule has 2 aromatic carbocycles. The highest BCUT2D eigenvalue weighted by atomic mass is 32.2. The number of hydrogen-bond donors (Lipinski definition) is 2. The van der Waals surface area contributed by atoms with E-state index in [1.54, 1.807) is 12.3 Å². The molecule has 146 valence electrons. The lowest BCUT2D eigenvalue weighted by atomic mass is 10.0. The second-order valence-corrected chi connectivity index (χ2v) is 7.97. The molecule has 7 heteroatoms. The third-order valence-corrected chi connectivity index (χ3v) is 5.74. The molecule has 0 aliphatic heterocycles. The molecule has 0 saturated carbocycles. The lowest BCUT2D eigenvalue weighted by Gasteiger charge is -2.13. The van der Waals surface area contributed by atoms with Crippen LogP contribution in [0.1, 0.15) is 30.0 Å². The molecule has 0 spiro atoms. The van der Waals surface area contributed by atoms with Crippen LogP contribution in [0.25, 0.3) is 17.2 Å². The molecule has 3 N–H and O–H groups in total. The molecule has 3 rings (SSSR count). The highest BCUT2D eigenvalue weighted by molar-refractivity contribution is 7.84. The molecule has 1 atom stereocenters. The summed E-state index contributed by atoms with van der Waals surface area (Å²) < 4.78 is 25.4. The standard InChI is InChI=1S/C21H21FN2O3S/c1-13-17(9-10-24(26)21(23)25)20-12-15(22)5-8-18(20)19(13)11-14-3-6-16(7-4-14)28(2)27/h3-8,11-12,26H,9-10H2,1-2H3,(H2,23,25)/b19-11-. The minimum atomic E-state index is -1.04. The third-order valence-electron chi connectivity index (χ3n) is 4.80. The molecule has 0 aromatic heterocycles. The lowest BCUT2D eigenvalue weighted by Crippen LogP contribution is -2.33. The summed E-state index contributed by atoms with van der Waals surface area (Å²) in [6, 6.07) is 11.1. The van der Waals surface area contributed by atoms with Gasteiger partial charge in [0.25, 0.3) is 0 Å². The van der Waals surface area contributed by atoms with E-state index in [2.05, 4.69) is 0 Å². The number of halogens is 1. The number of nitrogens with zero attached hydrogens (tertiary/aromatic N) is 1. The molecule has 0 saturated heterocycles. The molecule has 0 fully saturated rings. The minimum Gasteiger partial charge on any atom is -0.350 e. The van der Waals surface area contributed by atoms with E-state index in [1.165, 1.54) is 12.1 Å². The topological polar surface area (TPSA) is 83.6 Å². The molecule has 28 heavy (non-hydrogen) atoms. The Labute approximate surface area is 165 Å². The number of hydrogen-bond acceptors (Lipinski definition) is 3. The van der Waals surface area contributed by atoms with E-state index >= 15 is 0 Å². The Morgan fingerprint density at radius 1 is 1.21 bits per heavy atom. The van der Waals surface area contributed by atoms with E-state index < -0.39 is 16.8 Å². The number of amides is 2. The fourth-order valence-electron chi connectivity index (χ4n) is 3.33. The van der Waals surface area contributed by atoms with E-state index in [0.717, 1.165) is 38.3 Å². The fourth-order valence-corrected chi connectivity index (χ4v) is 3.85. The Hall–Kier alpha value is -2.77. The van der Waals surface area contributed by atoms with Crippen molar-refractivity contribution < 1.29 is 18.6 Å². The number of nitrogens with two attached hydrogens (primary N) is 1. The predicted octanol–water partition coefficient (Wildman–Crippen LogP) is 4.05. The highest BCUT2D eigenvalue weighted by Crippen LogP contribution is 2.43. The van der Waals surface area contributed by atoms with Crippen LogP contribution in [-0.2, 0) is 10.8 Å². The maximum absolute atomic E-state index is 13.9. The molecule has 1 aliphatic carbocycles. The van der Waals surface area contributed by atoms with Gasteiger partial charge in [-0.05, 0) is 77.1 Å². The molecule has 0 heterocycles. The number of fused-ring (bicyclic) bond motifs is 1. The van der Waals surface area contributed by atoms with Crippen molar-refractivity contribution in [3.8, 4) is 0 Å². The van der Waals surface area contributed by atoms with E-state index in [1.807, 2.05) is 37.3 Å². The maximum atomic E-state index is 13.9. The molecule has 0 radical (unpaired) electrons. The number of carbonyl (C=O) groups is 1. The first kappa shape index (κ1) is 20.0. The zero-order valence-corrected chi connectivity index (χ0v) is 16.4. The Morgan fingerprint density at radius 2 is 1.89 bits per heavy atom. The molecule has 2 amide bonds. The molecule has 1 unspecified atom stereocenters. The first-order valence-electron chi connectivity index (χ1n) is 8.69. The van der Waals surface area contributed by atoms with E-state index in [4.69, 9.17) is 5.73 Å². The van der Waals surface area contributed by atoms with Crippen molar-refractivity contribution in [3.05, 3.63) is 70.5 Å². The summed E-state index contributed by atoms with van der Waals surface area (Å²) in [4.78, 5) is 11.8. The van der Waals surface area contributed by atoms with Crippen LogP contribution in [0.4, 0.5) is 9.18 Å². The average Bonchev–Trinajstić information content (AvgIpc) is 2.90. The number of urea groups is 1. The van der Waals surface area contributed by atoms with Crippen molar-refractivity contribution in [1.82, 2.24) is 5.06 Å². The monoisotopic (exact) mass is 400 g/mol. The second kappa shape index (κ2) is 8.08. The van der Waals surface area contributed by atoms with Crippen LogP contribution in [0.15, 0.2) is 52.9 Å². The zero-order chi connectivity index (χ0) is 20.4. The van der Waals surface area contributed by atoms with Crippen molar-refractivity contribution in [2.45, 2.75) is 18.2 Å². The predicted molar refractivity (Wildman–Crippen MR) is 108 cm³/mol. The molecule has 2 aromatic rings. The van der Waals surface area contributed by atoms with Crippen molar-refractivity contribution in [3.63, 3.8) is 0 Å². The number of benzene rings is 2. The normalized spacial score (nSPS) is 15.6. The first-order valence-corrected chi connectivity index (χ1v) is 10.2. The summed E-state index contributed by atoms with van der Waals surface area (Å²) in [5.74, 6) is -0.351. The van der Waals surface area contributed by atoms with Crippen LogP contribution < -0.4 is 5.73 Å². The molecule has 0 bridgehead atoms. The minimum absolute atomic E-state index is 0.0161. The van der Waals surface area contributed by atoms with Gasteiger partial charge in [-0.2, -0.15) is 0 Å². The van der Waals surface area contributed by atoms with Crippen LogP contribution >= 0.6 is 0 Å². The Balaban J connectivity index is 2.00. The van der Waals surface area contributed by atoms with Crippen molar-refractivity contribution in [2.24, 2.45) is 5.73 Å². The number of allylic oxidation sites excluding steroid dienone is 2. The fraction of sp³-hybridized carbons (Fsp3) is 0.190. The van der Waals surface area contributed by atoms with Gasteiger partial charge in [-0.1, -0.05) is 18.2 Å². The summed E-state index contributed by atoms with van der Waals surface area (Å²) >= 11 is 0. The average molecular weight is 400 g/mol. The largest absolute Gasteiger partial charge is 0.350 e. The number of rotatable bonds is 5. The van der Waals surface area contributed by atoms with E-state index in [9.17, 15) is 18.6 Å². The van der Waals surface area contributed by atoms with Gasteiger partial charge >= 0.3 is 6.03 Å². The summed E-state index contributed by atoms with van der Waals surface area (Å²) in [5, 5.41) is 10.0. The second-order valence-electron chi connectivity index (χ2n) is 6.59. The molecule has 1 aliphatic rings. The number of hydroxylamine groups is 2. The summed E-state index contributed by atoms with van der Waals surface area (Å²) in [6.45, 7) is 1.95. The summed E-state index contributed by atoms with van der Waals surface area (Å²) in [7, 11) is -1.04. The van der Waals surface area contributed by atoms with Gasteiger partial charge in [0.2, 0.25) is 0 Å². The number of carbonyl (C=O) groups excluding carboxylic acids is 1. The third kappa shape index (κ3) is 4.05. The lowest BCUT2D eigenvalue weighted by molar-refractivity contribution is -0.0372. The van der Waals surface area contributed by atoms with Gasteiger partial charge in [0.15, 0.2) is 0 Å². The van der Waals surface area contributed by atoms with Gasteiger partial charge in [0.1, 0.15) is 5.82 Å². The molecule has 5 nitrogen and oxygen atoms in total. The zero-order valence-electron chi connectivity index (χ0n) is 15.6. The van der Waals surface area contributed by atoms with Crippen LogP contribution in [0, 0.1) is 5.82 Å². The van der Waals surface area contributed by atoms with Crippen molar-refractivity contribution in [1.29, 1.82) is 0 Å². The van der Waals surface area contributed by atoms with Gasteiger partial charge in [-0.15, -0.1) is 0 Å². The molecular weight excluding hydrogens is 379 g/mol. The van der Waals surface area contributed by atoms with Gasteiger partial charge in [0, 0.05) is 22.0 Å². The summed E-state index contributed by atoms with van der Waals surface area (Å²) in [5.41, 5.74) is 10.4. The first-order chi connectivity index (χ1) is 13.3. The van der Waals surface area contributed by atoms with Gasteiger partial charge in [0.05, 0.1) is 6.54 Å². The van der Waals surface area contributed by atoms with E-state index in [0.29, 0.717) is 11.5 Å². The van der Waals surface area contributed by atoms with E-state index in [-0.39, 0.29) is 12.4 Å². The van der Waals surface area contributed by atoms with Crippen LogP contribution in [0.3, 0.4) is 0 Å². The van der Waals surface area contributed by atoms with Gasteiger partial charge in [-0.25, -0.2) is 14.2 Å². The maximum Gasteiger partial charge on any atom is 0.338 e. The Bertz CT molecular complexity index is 1010. The van der Waals surface area contributed by atoms with Crippen LogP contribution in [0.2, 0.25) is 0 Å². The number of primary amides is 1. The van der Waals surface area contributed by atoms with Gasteiger partial charge < -0.3 is 5.73 Å². The van der Waals surface area contributed by atoms with Crippen LogP contribution in [0.5, 0.6) is 0 Å². The van der Waals surface area contributed by atoms with Crippen LogP contribution in [-0.4, -0.2) is 33.3 Å². The Morgan fingerprint density at radius 3 is 2.50 bits per heavy atom. The molecular formula is C21H21FN2O3S. The Kier molecular flexibility index (Phi) is 5.76. The smallest absolute Gasteiger partial charge is 0.338 e. The van der Waals surface area contributed by atoms with Crippen molar-refractivity contribution >= 4 is 34.1 Å². The van der Waals surface area contributed by atoms with Gasteiger partial charge in [-0.3, -0.25) is 9.42 Å². The highest BCUT2D eigenvalue weighted by Gasteiger charge is 2.24. The van der Waals surface area contributed by atoms with Crippen molar-refractivity contribution in [2.75, 3.05) is 12.8 Å².